The fourth-order valence-corrected chi connectivity index (χ4v) is 2.11. The lowest BCUT2D eigenvalue weighted by atomic mass is 10.1. The van der Waals surface area contributed by atoms with Crippen LogP contribution in [0.1, 0.15) is 20.9 Å². The molecule has 1 heterocycles. The molecule has 1 aromatic heterocycles. The van der Waals surface area contributed by atoms with E-state index >= 15 is 0 Å². The van der Waals surface area contributed by atoms with E-state index in [1.807, 2.05) is 0 Å². The molecule has 94 valence electrons. The predicted molar refractivity (Wildman–Crippen MR) is 56.9 cm³/mol. The smallest absolute Gasteiger partial charge is 0.288 e. The summed E-state index contributed by atoms with van der Waals surface area (Å²) in [5, 5.41) is 0. The average Bonchev–Trinajstić information content (AvgIpc) is 2.77. The SMILES string of the molecule is O=C(c1ccc(F)cc1)c1scnc1C(F)(F)F. The van der Waals surface area contributed by atoms with Crippen LogP contribution in [0.5, 0.6) is 0 Å². The molecular formula is C11H5F4NOS. The first-order chi connectivity index (χ1) is 8.39. The number of alkyl halides is 3. The Hall–Kier alpha value is -1.76. The van der Waals surface area contributed by atoms with E-state index in [2.05, 4.69) is 4.98 Å². The molecule has 0 saturated carbocycles. The molecule has 18 heavy (non-hydrogen) atoms. The number of rotatable bonds is 2. The zero-order valence-electron chi connectivity index (χ0n) is 8.66. The van der Waals surface area contributed by atoms with E-state index in [0.717, 1.165) is 29.8 Å². The number of nitrogens with zero attached hydrogens (tertiary/aromatic N) is 1. The van der Waals surface area contributed by atoms with E-state index in [4.69, 9.17) is 0 Å². The first-order valence-electron chi connectivity index (χ1n) is 4.70. The monoisotopic (exact) mass is 275 g/mol. The van der Waals surface area contributed by atoms with Crippen molar-refractivity contribution in [3.63, 3.8) is 0 Å². The number of ketones is 1. The van der Waals surface area contributed by atoms with Crippen LogP contribution < -0.4 is 0 Å². The van der Waals surface area contributed by atoms with Gasteiger partial charge in [-0.2, -0.15) is 13.2 Å². The van der Waals surface area contributed by atoms with Crippen molar-refractivity contribution in [2.45, 2.75) is 6.18 Å². The van der Waals surface area contributed by atoms with Gasteiger partial charge in [0.2, 0.25) is 5.78 Å². The minimum atomic E-state index is -4.68. The van der Waals surface area contributed by atoms with Crippen molar-refractivity contribution in [3.8, 4) is 0 Å². The van der Waals surface area contributed by atoms with E-state index in [9.17, 15) is 22.4 Å². The van der Waals surface area contributed by atoms with Crippen LogP contribution in [-0.4, -0.2) is 10.8 Å². The van der Waals surface area contributed by atoms with Crippen LogP contribution in [0, 0.1) is 5.82 Å². The van der Waals surface area contributed by atoms with Gasteiger partial charge >= 0.3 is 6.18 Å². The van der Waals surface area contributed by atoms with Gasteiger partial charge in [0.25, 0.3) is 0 Å². The number of thiazole rings is 1. The second-order valence-corrected chi connectivity index (χ2v) is 4.22. The quantitative estimate of drug-likeness (QED) is 0.620. The predicted octanol–water partition coefficient (Wildman–Crippen LogP) is 3.53. The highest BCUT2D eigenvalue weighted by atomic mass is 32.1. The highest BCUT2D eigenvalue weighted by Gasteiger charge is 2.38. The number of benzene rings is 1. The Morgan fingerprint density at radius 2 is 1.78 bits per heavy atom. The van der Waals surface area contributed by atoms with Gasteiger partial charge in [0.1, 0.15) is 10.7 Å². The fourth-order valence-electron chi connectivity index (χ4n) is 1.34. The van der Waals surface area contributed by atoms with Gasteiger partial charge in [-0.3, -0.25) is 4.79 Å². The number of halogens is 4. The minimum Gasteiger partial charge on any atom is -0.288 e. The van der Waals surface area contributed by atoms with E-state index in [-0.39, 0.29) is 5.56 Å². The van der Waals surface area contributed by atoms with Crippen molar-refractivity contribution >= 4 is 17.1 Å². The van der Waals surface area contributed by atoms with Crippen LogP contribution in [0.25, 0.3) is 0 Å². The van der Waals surface area contributed by atoms with Crippen LogP contribution in [0.3, 0.4) is 0 Å². The molecule has 7 heteroatoms. The summed E-state index contributed by atoms with van der Waals surface area (Å²) in [6, 6.07) is 4.30. The highest BCUT2D eigenvalue weighted by molar-refractivity contribution is 7.12. The lowest BCUT2D eigenvalue weighted by Crippen LogP contribution is -2.12. The molecule has 0 aliphatic rings. The van der Waals surface area contributed by atoms with Gasteiger partial charge in [-0.25, -0.2) is 9.37 Å². The summed E-state index contributed by atoms with van der Waals surface area (Å²) < 4.78 is 50.3. The molecule has 0 radical (unpaired) electrons. The number of hydrogen-bond donors (Lipinski definition) is 0. The second-order valence-electron chi connectivity index (χ2n) is 3.36. The zero-order chi connectivity index (χ0) is 13.3. The third-order valence-electron chi connectivity index (χ3n) is 2.15. The van der Waals surface area contributed by atoms with E-state index in [0.29, 0.717) is 11.3 Å². The van der Waals surface area contributed by atoms with Crippen LogP contribution in [0.4, 0.5) is 17.6 Å². The van der Waals surface area contributed by atoms with Crippen LogP contribution >= 0.6 is 11.3 Å². The van der Waals surface area contributed by atoms with Gasteiger partial charge in [0.15, 0.2) is 5.69 Å². The maximum atomic E-state index is 12.7. The summed E-state index contributed by atoms with van der Waals surface area (Å²) in [5.41, 5.74) is -0.257. The van der Waals surface area contributed by atoms with Gasteiger partial charge in [0.05, 0.1) is 5.51 Å². The summed E-state index contributed by atoms with van der Waals surface area (Å²) >= 11 is 0.609. The molecule has 0 fully saturated rings. The normalized spacial score (nSPS) is 11.6. The van der Waals surface area contributed by atoms with Crippen molar-refractivity contribution in [2.24, 2.45) is 0 Å². The maximum absolute atomic E-state index is 12.7. The van der Waals surface area contributed by atoms with Gasteiger partial charge in [-0.15, -0.1) is 11.3 Å². The molecular weight excluding hydrogens is 270 g/mol. The molecule has 1 aromatic carbocycles. The summed E-state index contributed by atoms with van der Waals surface area (Å²) in [6.45, 7) is 0. The Morgan fingerprint density at radius 3 is 2.33 bits per heavy atom. The second kappa shape index (κ2) is 4.49. The lowest BCUT2D eigenvalue weighted by Gasteiger charge is -2.05. The van der Waals surface area contributed by atoms with E-state index in [1.165, 1.54) is 0 Å². The Kier molecular flexibility index (Phi) is 3.16. The number of aromatic nitrogens is 1. The topological polar surface area (TPSA) is 30.0 Å². The van der Waals surface area contributed by atoms with Crippen molar-refractivity contribution in [3.05, 3.63) is 51.7 Å². The molecule has 0 aliphatic heterocycles. The maximum Gasteiger partial charge on any atom is 0.434 e. The summed E-state index contributed by atoms with van der Waals surface area (Å²) in [6.07, 6.45) is -4.68. The molecule has 2 nitrogen and oxygen atoms in total. The summed E-state index contributed by atoms with van der Waals surface area (Å²) in [4.78, 5) is 14.5. The first kappa shape index (κ1) is 12.7. The third kappa shape index (κ3) is 2.40. The van der Waals surface area contributed by atoms with Gasteiger partial charge in [0, 0.05) is 5.56 Å². The summed E-state index contributed by atoms with van der Waals surface area (Å²) in [5.74, 6) is -1.38. The number of carbonyl (C=O) groups excluding carboxylic acids is 1. The largest absolute Gasteiger partial charge is 0.434 e. The molecule has 2 aromatic rings. The van der Waals surface area contributed by atoms with E-state index < -0.39 is 28.3 Å². The summed E-state index contributed by atoms with van der Waals surface area (Å²) in [7, 11) is 0. The minimum absolute atomic E-state index is 0.00819. The molecule has 2 rings (SSSR count). The van der Waals surface area contributed by atoms with Gasteiger partial charge in [-0.05, 0) is 24.3 Å². The lowest BCUT2D eigenvalue weighted by molar-refractivity contribution is -0.141. The fraction of sp³-hybridized carbons (Fsp3) is 0.0909. The number of hydrogen-bond acceptors (Lipinski definition) is 3. The Balaban J connectivity index is 2.41. The first-order valence-corrected chi connectivity index (χ1v) is 5.58. The Morgan fingerprint density at radius 1 is 1.17 bits per heavy atom. The zero-order valence-corrected chi connectivity index (χ0v) is 9.48. The Labute approximate surface area is 103 Å². The standard InChI is InChI=1S/C11H5F4NOS/c12-7-3-1-6(2-4-7)8(17)9-10(11(13,14)15)16-5-18-9/h1-5H. The number of carbonyl (C=O) groups is 1. The molecule has 0 amide bonds. The molecule has 0 atom stereocenters. The van der Waals surface area contributed by atoms with Crippen molar-refractivity contribution in [2.75, 3.05) is 0 Å². The molecule has 0 aliphatic carbocycles. The van der Waals surface area contributed by atoms with Crippen molar-refractivity contribution < 1.29 is 22.4 Å². The highest BCUT2D eigenvalue weighted by Crippen LogP contribution is 2.33. The van der Waals surface area contributed by atoms with Crippen LogP contribution in [0.15, 0.2) is 29.8 Å². The molecule has 0 bridgehead atoms. The molecule has 0 N–H and O–H groups in total. The molecule has 0 unspecified atom stereocenters. The van der Waals surface area contributed by atoms with Gasteiger partial charge < -0.3 is 0 Å². The average molecular weight is 275 g/mol. The molecule has 0 spiro atoms. The van der Waals surface area contributed by atoms with Crippen molar-refractivity contribution in [1.82, 2.24) is 4.98 Å². The van der Waals surface area contributed by atoms with Crippen LogP contribution in [0.2, 0.25) is 0 Å². The third-order valence-corrected chi connectivity index (χ3v) is 2.97. The van der Waals surface area contributed by atoms with Crippen molar-refractivity contribution in [1.29, 1.82) is 0 Å². The van der Waals surface area contributed by atoms with Crippen LogP contribution in [-0.2, 0) is 6.18 Å². The molecule has 0 saturated heterocycles. The van der Waals surface area contributed by atoms with E-state index in [1.54, 1.807) is 0 Å². The van der Waals surface area contributed by atoms with Gasteiger partial charge in [-0.1, -0.05) is 0 Å². The Bertz CT molecular complexity index is 573.